The van der Waals surface area contributed by atoms with Gasteiger partial charge in [0.05, 0.1) is 7.11 Å². The summed E-state index contributed by atoms with van der Waals surface area (Å²) < 4.78 is 18.4. The van der Waals surface area contributed by atoms with E-state index in [1.165, 1.54) is 13.2 Å². The van der Waals surface area contributed by atoms with Crippen molar-refractivity contribution in [3.8, 4) is 0 Å². The Bertz CT molecular complexity index is 433. The van der Waals surface area contributed by atoms with Crippen molar-refractivity contribution >= 4 is 5.97 Å². The minimum Gasteiger partial charge on any atom is -0.468 e. The third-order valence-corrected chi connectivity index (χ3v) is 3.34. The third-order valence-electron chi connectivity index (χ3n) is 3.34. The van der Waals surface area contributed by atoms with E-state index < -0.39 is 0 Å². The molecular weight excluding hydrogens is 221 g/mol. The summed E-state index contributed by atoms with van der Waals surface area (Å²) in [4.78, 5) is 13.4. The number of carbonyl (C=O) groups is 1. The molecule has 1 heterocycles. The predicted molar refractivity (Wildman–Crippen MR) is 62.0 cm³/mol. The van der Waals surface area contributed by atoms with Gasteiger partial charge in [-0.05, 0) is 25.0 Å². The maximum Gasteiger partial charge on any atom is 0.322 e. The van der Waals surface area contributed by atoms with Crippen molar-refractivity contribution in [1.82, 2.24) is 4.90 Å². The number of nitrogens with zero attached hydrogens (tertiary/aromatic N) is 1. The molecule has 92 valence electrons. The second-order valence-electron chi connectivity index (χ2n) is 4.30. The van der Waals surface area contributed by atoms with Gasteiger partial charge in [0.2, 0.25) is 0 Å². The zero-order chi connectivity index (χ0) is 12.4. The zero-order valence-electron chi connectivity index (χ0n) is 10.1. The molecule has 0 aromatic heterocycles. The van der Waals surface area contributed by atoms with Crippen LogP contribution in [0.5, 0.6) is 0 Å². The molecule has 0 spiro atoms. The molecule has 3 nitrogen and oxygen atoms in total. The van der Waals surface area contributed by atoms with Gasteiger partial charge in [0.25, 0.3) is 0 Å². The highest BCUT2D eigenvalue weighted by Crippen LogP contribution is 2.23. The lowest BCUT2D eigenvalue weighted by Crippen LogP contribution is -2.42. The fourth-order valence-electron chi connectivity index (χ4n) is 2.21. The first-order valence-corrected chi connectivity index (χ1v) is 5.71. The number of methoxy groups -OCH3 is 1. The summed E-state index contributed by atoms with van der Waals surface area (Å²) in [7, 11) is 1.37. The van der Waals surface area contributed by atoms with E-state index in [-0.39, 0.29) is 17.8 Å². The molecule has 0 N–H and O–H groups in total. The van der Waals surface area contributed by atoms with Crippen molar-refractivity contribution in [3.63, 3.8) is 0 Å². The van der Waals surface area contributed by atoms with E-state index in [4.69, 9.17) is 4.74 Å². The van der Waals surface area contributed by atoms with Crippen molar-refractivity contribution in [3.05, 3.63) is 35.1 Å². The van der Waals surface area contributed by atoms with Crippen molar-refractivity contribution in [2.45, 2.75) is 25.9 Å². The Morgan fingerprint density at radius 2 is 2.29 bits per heavy atom. The van der Waals surface area contributed by atoms with Crippen LogP contribution in [0.25, 0.3) is 0 Å². The molecule has 4 heteroatoms. The minimum absolute atomic E-state index is 0.190. The highest BCUT2D eigenvalue weighted by Gasteiger charge is 2.27. The molecule has 1 aliphatic heterocycles. The van der Waals surface area contributed by atoms with E-state index in [0.29, 0.717) is 12.1 Å². The maximum absolute atomic E-state index is 13.6. The lowest BCUT2D eigenvalue weighted by Gasteiger charge is -2.32. The van der Waals surface area contributed by atoms with Gasteiger partial charge in [-0.25, -0.2) is 4.39 Å². The monoisotopic (exact) mass is 237 g/mol. The van der Waals surface area contributed by atoms with Crippen LogP contribution in [0.3, 0.4) is 0 Å². The Morgan fingerprint density at radius 3 is 3.00 bits per heavy atom. The molecule has 2 rings (SSSR count). The molecule has 1 atom stereocenters. The van der Waals surface area contributed by atoms with Crippen LogP contribution in [0.15, 0.2) is 18.2 Å². The van der Waals surface area contributed by atoms with Gasteiger partial charge in [0.1, 0.15) is 11.9 Å². The number of halogens is 1. The van der Waals surface area contributed by atoms with Gasteiger partial charge in [-0.15, -0.1) is 0 Å². The fourth-order valence-corrected chi connectivity index (χ4v) is 2.21. The van der Waals surface area contributed by atoms with E-state index in [1.54, 1.807) is 13.0 Å². The summed E-state index contributed by atoms with van der Waals surface area (Å²) >= 11 is 0. The normalized spacial score (nSPS) is 17.4. The van der Waals surface area contributed by atoms with Crippen molar-refractivity contribution < 1.29 is 13.9 Å². The van der Waals surface area contributed by atoms with Gasteiger partial charge in [-0.3, -0.25) is 9.69 Å². The van der Waals surface area contributed by atoms with E-state index in [1.807, 2.05) is 11.0 Å². The Balaban J connectivity index is 2.18. The smallest absolute Gasteiger partial charge is 0.322 e. The number of esters is 1. The summed E-state index contributed by atoms with van der Waals surface area (Å²) in [6.45, 7) is 3.02. The number of rotatable bonds is 2. The van der Waals surface area contributed by atoms with Gasteiger partial charge >= 0.3 is 5.97 Å². The maximum atomic E-state index is 13.6. The van der Waals surface area contributed by atoms with Crippen LogP contribution in [0.1, 0.15) is 18.1 Å². The van der Waals surface area contributed by atoms with Gasteiger partial charge in [-0.1, -0.05) is 12.1 Å². The molecule has 0 saturated carbocycles. The molecule has 17 heavy (non-hydrogen) atoms. The number of ether oxygens (including phenoxy) is 1. The topological polar surface area (TPSA) is 29.5 Å². The van der Waals surface area contributed by atoms with Crippen molar-refractivity contribution in [1.29, 1.82) is 0 Å². The quantitative estimate of drug-likeness (QED) is 0.734. The summed E-state index contributed by atoms with van der Waals surface area (Å²) in [5, 5.41) is 0. The molecule has 0 amide bonds. The average Bonchev–Trinajstić information content (AvgIpc) is 2.37. The van der Waals surface area contributed by atoms with Gasteiger partial charge in [0, 0.05) is 18.7 Å². The lowest BCUT2D eigenvalue weighted by atomic mass is 9.98. The summed E-state index contributed by atoms with van der Waals surface area (Å²) in [5.74, 6) is -0.464. The number of hydrogen-bond acceptors (Lipinski definition) is 3. The Hall–Kier alpha value is -1.42. The molecule has 0 bridgehead atoms. The van der Waals surface area contributed by atoms with Crippen LogP contribution >= 0.6 is 0 Å². The lowest BCUT2D eigenvalue weighted by molar-refractivity contribution is -0.146. The first kappa shape index (κ1) is 12.0. The van der Waals surface area contributed by atoms with Crippen LogP contribution in [0, 0.1) is 5.82 Å². The third kappa shape index (κ3) is 2.31. The highest BCUT2D eigenvalue weighted by atomic mass is 19.1. The van der Waals surface area contributed by atoms with Crippen LogP contribution in [0.4, 0.5) is 4.39 Å². The van der Waals surface area contributed by atoms with Crippen LogP contribution in [-0.2, 0) is 22.5 Å². The Kier molecular flexibility index (Phi) is 3.43. The summed E-state index contributed by atoms with van der Waals surface area (Å²) in [5.41, 5.74) is 1.74. The number of fused-ring (bicyclic) bond motifs is 1. The first-order valence-electron chi connectivity index (χ1n) is 5.71. The average molecular weight is 237 g/mol. The van der Waals surface area contributed by atoms with E-state index in [2.05, 4.69) is 0 Å². The van der Waals surface area contributed by atoms with Gasteiger partial charge in [0.15, 0.2) is 0 Å². The molecule has 1 unspecified atom stereocenters. The van der Waals surface area contributed by atoms with E-state index in [0.717, 1.165) is 18.5 Å². The SMILES string of the molecule is COC(=O)C(C)N1CCc2cccc(F)c2C1. The number of carbonyl (C=O) groups excluding carboxylic acids is 1. The first-order chi connectivity index (χ1) is 8.13. The van der Waals surface area contributed by atoms with Crippen LogP contribution < -0.4 is 0 Å². The Morgan fingerprint density at radius 1 is 1.53 bits per heavy atom. The molecular formula is C13H16FNO2. The summed E-state index contributed by atoms with van der Waals surface area (Å²) in [6.07, 6.45) is 0.772. The van der Waals surface area contributed by atoms with Crippen LogP contribution in [-0.4, -0.2) is 30.6 Å². The second-order valence-corrected chi connectivity index (χ2v) is 4.30. The number of benzene rings is 1. The molecule has 0 aliphatic carbocycles. The largest absolute Gasteiger partial charge is 0.468 e. The van der Waals surface area contributed by atoms with Crippen LogP contribution in [0.2, 0.25) is 0 Å². The van der Waals surface area contributed by atoms with Gasteiger partial charge < -0.3 is 4.74 Å². The minimum atomic E-state index is -0.326. The number of hydrogen-bond donors (Lipinski definition) is 0. The van der Waals surface area contributed by atoms with Crippen molar-refractivity contribution in [2.24, 2.45) is 0 Å². The van der Waals surface area contributed by atoms with E-state index >= 15 is 0 Å². The Labute approximate surface area is 100 Å². The predicted octanol–water partition coefficient (Wildman–Crippen LogP) is 1.75. The molecule has 1 aliphatic rings. The molecule has 0 radical (unpaired) electrons. The van der Waals surface area contributed by atoms with Crippen molar-refractivity contribution in [2.75, 3.05) is 13.7 Å². The second kappa shape index (κ2) is 4.84. The standard InChI is InChI=1S/C13H16FNO2/c1-9(13(16)17-2)15-7-6-10-4-3-5-12(14)11(10)8-15/h3-5,9H,6-8H2,1-2H3. The zero-order valence-corrected chi connectivity index (χ0v) is 10.1. The molecule has 1 aromatic rings. The molecule has 0 fully saturated rings. The summed E-state index contributed by atoms with van der Waals surface area (Å²) in [6, 6.07) is 4.81. The highest BCUT2D eigenvalue weighted by molar-refractivity contribution is 5.75. The van der Waals surface area contributed by atoms with Gasteiger partial charge in [-0.2, -0.15) is 0 Å². The molecule has 1 aromatic carbocycles. The molecule has 0 saturated heterocycles. The van der Waals surface area contributed by atoms with E-state index in [9.17, 15) is 9.18 Å². The fraction of sp³-hybridized carbons (Fsp3) is 0.462.